The van der Waals surface area contributed by atoms with Gasteiger partial charge in [0.2, 0.25) is 0 Å². The molecule has 0 saturated carbocycles. The number of nitrogens with one attached hydrogen (secondary N) is 1. The lowest BCUT2D eigenvalue weighted by atomic mass is 10.1. The van der Waals surface area contributed by atoms with Crippen LogP contribution in [0.4, 0.5) is 5.69 Å². The van der Waals surface area contributed by atoms with Crippen LogP contribution in [0.25, 0.3) is 0 Å². The second kappa shape index (κ2) is 8.16. The summed E-state index contributed by atoms with van der Waals surface area (Å²) in [6.07, 6.45) is 1.79. The standard InChI is InChI=1S/C21H22N4O/c1-16-5-11-19(12-6-16)24-21(22)23-14-17-7-9-18(10-8-17)15-25-13-3-2-4-20(25)26/h2-13H,14-15H2,1H3,(H3,22,23,24). The molecular weight excluding hydrogens is 324 g/mol. The highest BCUT2D eigenvalue weighted by Gasteiger charge is 1.99. The summed E-state index contributed by atoms with van der Waals surface area (Å²) in [5.74, 6) is 0.383. The Labute approximate surface area is 152 Å². The van der Waals surface area contributed by atoms with E-state index in [9.17, 15) is 4.79 Å². The van der Waals surface area contributed by atoms with Crippen LogP contribution in [0.3, 0.4) is 0 Å². The third-order valence-electron chi connectivity index (χ3n) is 4.03. The van der Waals surface area contributed by atoms with E-state index in [0.29, 0.717) is 19.0 Å². The summed E-state index contributed by atoms with van der Waals surface area (Å²) < 4.78 is 1.68. The van der Waals surface area contributed by atoms with Crippen LogP contribution in [-0.2, 0) is 13.1 Å². The molecule has 1 heterocycles. The zero-order chi connectivity index (χ0) is 18.4. The van der Waals surface area contributed by atoms with Gasteiger partial charge in [0.1, 0.15) is 0 Å². The number of hydrogen-bond acceptors (Lipinski definition) is 2. The van der Waals surface area contributed by atoms with Crippen molar-refractivity contribution < 1.29 is 0 Å². The number of pyridine rings is 1. The third-order valence-corrected chi connectivity index (χ3v) is 4.03. The summed E-state index contributed by atoms with van der Waals surface area (Å²) in [5.41, 5.74) is 10.2. The zero-order valence-corrected chi connectivity index (χ0v) is 14.7. The van der Waals surface area contributed by atoms with Crippen molar-refractivity contribution in [3.63, 3.8) is 0 Å². The van der Waals surface area contributed by atoms with Gasteiger partial charge >= 0.3 is 0 Å². The molecule has 1 aromatic heterocycles. The quantitative estimate of drug-likeness (QED) is 0.551. The van der Waals surface area contributed by atoms with Gasteiger partial charge in [-0.1, -0.05) is 48.0 Å². The summed E-state index contributed by atoms with van der Waals surface area (Å²) in [6, 6.07) is 21.2. The van der Waals surface area contributed by atoms with Crippen LogP contribution in [0.1, 0.15) is 16.7 Å². The van der Waals surface area contributed by atoms with Gasteiger partial charge in [0, 0.05) is 18.0 Å². The molecule has 26 heavy (non-hydrogen) atoms. The minimum atomic E-state index is -0.00358. The molecular formula is C21H22N4O. The molecule has 0 bridgehead atoms. The van der Waals surface area contributed by atoms with E-state index >= 15 is 0 Å². The molecule has 3 rings (SSSR count). The van der Waals surface area contributed by atoms with Gasteiger partial charge in [-0.2, -0.15) is 0 Å². The number of aromatic nitrogens is 1. The Kier molecular flexibility index (Phi) is 5.49. The van der Waals surface area contributed by atoms with Crippen LogP contribution >= 0.6 is 0 Å². The first-order valence-electron chi connectivity index (χ1n) is 8.47. The average Bonchev–Trinajstić information content (AvgIpc) is 2.65. The van der Waals surface area contributed by atoms with Gasteiger partial charge in [-0.15, -0.1) is 0 Å². The minimum absolute atomic E-state index is 0.00358. The van der Waals surface area contributed by atoms with Gasteiger partial charge in [0.05, 0.1) is 13.1 Å². The van der Waals surface area contributed by atoms with E-state index in [1.807, 2.05) is 61.5 Å². The minimum Gasteiger partial charge on any atom is -0.370 e. The lowest BCUT2D eigenvalue weighted by Crippen LogP contribution is -2.22. The van der Waals surface area contributed by atoms with Gasteiger partial charge in [-0.25, -0.2) is 4.99 Å². The monoisotopic (exact) mass is 346 g/mol. The lowest BCUT2D eigenvalue weighted by molar-refractivity contribution is 0.759. The zero-order valence-electron chi connectivity index (χ0n) is 14.7. The molecule has 0 atom stereocenters. The summed E-state index contributed by atoms with van der Waals surface area (Å²) in [6.45, 7) is 3.09. The molecule has 3 aromatic rings. The number of rotatable bonds is 5. The van der Waals surface area contributed by atoms with Crippen molar-refractivity contribution >= 4 is 11.6 Å². The average molecular weight is 346 g/mol. The number of guanidine groups is 1. The first kappa shape index (κ1) is 17.5. The maximum atomic E-state index is 11.8. The highest BCUT2D eigenvalue weighted by atomic mass is 16.1. The molecule has 0 amide bonds. The summed E-state index contributed by atoms with van der Waals surface area (Å²) in [7, 11) is 0. The van der Waals surface area contributed by atoms with Crippen molar-refractivity contribution in [3.8, 4) is 0 Å². The third kappa shape index (κ3) is 4.83. The Morgan fingerprint density at radius 2 is 1.69 bits per heavy atom. The first-order valence-corrected chi connectivity index (χ1v) is 8.47. The van der Waals surface area contributed by atoms with E-state index in [-0.39, 0.29) is 5.56 Å². The van der Waals surface area contributed by atoms with Crippen molar-refractivity contribution in [2.24, 2.45) is 10.7 Å². The maximum absolute atomic E-state index is 11.8. The van der Waals surface area contributed by atoms with Crippen LogP contribution < -0.4 is 16.6 Å². The number of nitrogens with zero attached hydrogens (tertiary/aromatic N) is 2. The fourth-order valence-corrected chi connectivity index (χ4v) is 2.54. The van der Waals surface area contributed by atoms with E-state index < -0.39 is 0 Å². The topological polar surface area (TPSA) is 72.4 Å². The molecule has 3 N–H and O–H groups in total. The van der Waals surface area contributed by atoms with Crippen molar-refractivity contribution in [2.45, 2.75) is 20.0 Å². The van der Waals surface area contributed by atoms with Crippen LogP contribution in [-0.4, -0.2) is 10.5 Å². The Hall–Kier alpha value is -3.34. The number of benzene rings is 2. The number of anilines is 1. The largest absolute Gasteiger partial charge is 0.370 e. The van der Waals surface area contributed by atoms with E-state index in [1.165, 1.54) is 5.56 Å². The fourth-order valence-electron chi connectivity index (χ4n) is 2.54. The Morgan fingerprint density at radius 1 is 1.00 bits per heavy atom. The molecule has 0 fully saturated rings. The van der Waals surface area contributed by atoms with E-state index in [2.05, 4.69) is 10.3 Å². The highest BCUT2D eigenvalue weighted by molar-refractivity contribution is 5.92. The Morgan fingerprint density at radius 3 is 2.38 bits per heavy atom. The molecule has 5 heteroatoms. The molecule has 0 aliphatic rings. The predicted octanol–water partition coefficient (Wildman–Crippen LogP) is 3.13. The van der Waals surface area contributed by atoms with Crippen molar-refractivity contribution in [1.29, 1.82) is 0 Å². The van der Waals surface area contributed by atoms with E-state index in [0.717, 1.165) is 16.8 Å². The normalized spacial score (nSPS) is 11.3. The smallest absolute Gasteiger partial charge is 0.250 e. The van der Waals surface area contributed by atoms with Gasteiger partial charge in [0.15, 0.2) is 5.96 Å². The number of hydrogen-bond donors (Lipinski definition) is 2. The maximum Gasteiger partial charge on any atom is 0.250 e. The van der Waals surface area contributed by atoms with Crippen LogP contribution in [0.2, 0.25) is 0 Å². The molecule has 0 unspecified atom stereocenters. The Bertz CT molecular complexity index is 941. The summed E-state index contributed by atoms with van der Waals surface area (Å²) in [5, 5.41) is 3.08. The molecule has 0 saturated heterocycles. The molecule has 0 spiro atoms. The predicted molar refractivity (Wildman–Crippen MR) is 106 cm³/mol. The van der Waals surface area contributed by atoms with Crippen LogP contribution in [0, 0.1) is 6.92 Å². The number of nitrogens with two attached hydrogens (primary N) is 1. The molecule has 0 aliphatic carbocycles. The molecule has 0 radical (unpaired) electrons. The summed E-state index contributed by atoms with van der Waals surface area (Å²) in [4.78, 5) is 16.1. The second-order valence-electron chi connectivity index (χ2n) is 6.18. The van der Waals surface area contributed by atoms with Crippen molar-refractivity contribution in [3.05, 3.63) is 100.0 Å². The van der Waals surface area contributed by atoms with Gasteiger partial charge in [-0.05, 0) is 36.2 Å². The van der Waals surface area contributed by atoms with E-state index in [4.69, 9.17) is 5.73 Å². The van der Waals surface area contributed by atoms with Crippen molar-refractivity contribution in [2.75, 3.05) is 5.32 Å². The molecule has 0 aliphatic heterocycles. The molecule has 132 valence electrons. The van der Waals surface area contributed by atoms with Crippen LogP contribution in [0.5, 0.6) is 0 Å². The SMILES string of the molecule is Cc1ccc(NC(N)=NCc2ccc(Cn3ccccc3=O)cc2)cc1. The van der Waals surface area contributed by atoms with Gasteiger partial charge < -0.3 is 15.6 Å². The lowest BCUT2D eigenvalue weighted by Gasteiger charge is -2.07. The highest BCUT2D eigenvalue weighted by Crippen LogP contribution is 2.09. The number of aliphatic imine (C=N–C) groups is 1. The van der Waals surface area contributed by atoms with Gasteiger partial charge in [0.25, 0.3) is 5.56 Å². The van der Waals surface area contributed by atoms with Crippen molar-refractivity contribution in [1.82, 2.24) is 4.57 Å². The molecule has 2 aromatic carbocycles. The Balaban J connectivity index is 1.59. The van der Waals surface area contributed by atoms with Crippen LogP contribution in [0.15, 0.2) is 82.7 Å². The first-order chi connectivity index (χ1) is 12.6. The fraction of sp³-hybridized carbons (Fsp3) is 0.143. The molecule has 5 nitrogen and oxygen atoms in total. The van der Waals surface area contributed by atoms with Gasteiger partial charge in [-0.3, -0.25) is 4.79 Å². The number of aryl methyl sites for hydroxylation is 1. The van der Waals surface area contributed by atoms with E-state index in [1.54, 1.807) is 22.9 Å². The second-order valence-corrected chi connectivity index (χ2v) is 6.18. The summed E-state index contributed by atoms with van der Waals surface area (Å²) >= 11 is 0.